The van der Waals surface area contributed by atoms with Crippen LogP contribution >= 0.6 is 12.4 Å². The van der Waals surface area contributed by atoms with Crippen LogP contribution in [0.5, 0.6) is 5.75 Å². The monoisotopic (exact) mass is 245 g/mol. The van der Waals surface area contributed by atoms with E-state index in [4.69, 9.17) is 10.8 Å². The first kappa shape index (κ1) is 14.7. The molecule has 0 saturated carbocycles. The summed E-state index contributed by atoms with van der Waals surface area (Å²) in [4.78, 5) is 11.0. The Labute approximate surface area is 101 Å². The smallest absolute Gasteiger partial charge is 0.322 e. The second-order valence-corrected chi connectivity index (χ2v) is 3.33. The molecule has 0 aromatic heterocycles. The molecule has 0 unspecified atom stereocenters. The first-order chi connectivity index (χ1) is 7.13. The van der Waals surface area contributed by atoms with Crippen molar-refractivity contribution in [1.82, 2.24) is 0 Å². The minimum absolute atomic E-state index is 0. The Morgan fingerprint density at radius 3 is 2.50 bits per heavy atom. The number of carbonyl (C=O) groups is 1. The van der Waals surface area contributed by atoms with Crippen LogP contribution in [0.3, 0.4) is 0 Å². The van der Waals surface area contributed by atoms with Crippen molar-refractivity contribution in [2.45, 2.75) is 18.9 Å². The maximum Gasteiger partial charge on any atom is 0.322 e. The van der Waals surface area contributed by atoms with Gasteiger partial charge in [-0.15, -0.1) is 12.4 Å². The highest BCUT2D eigenvalue weighted by atomic mass is 35.5. The number of rotatable bonds is 4. The molecule has 0 amide bonds. The number of benzene rings is 1. The van der Waals surface area contributed by atoms with Gasteiger partial charge in [0, 0.05) is 0 Å². The third-order valence-corrected chi connectivity index (χ3v) is 2.18. The molecule has 16 heavy (non-hydrogen) atoms. The van der Waals surface area contributed by atoms with Crippen LogP contribution in [0, 0.1) is 0 Å². The minimum Gasteiger partial charge on any atom is -0.508 e. The molecule has 0 aliphatic rings. The average molecular weight is 246 g/mol. The summed E-state index contributed by atoms with van der Waals surface area (Å²) in [6.07, 6.45) is 1.23. The van der Waals surface area contributed by atoms with Crippen molar-refractivity contribution in [3.8, 4) is 5.75 Å². The van der Waals surface area contributed by atoms with E-state index in [0.29, 0.717) is 12.8 Å². The molecule has 1 atom stereocenters. The van der Waals surface area contributed by atoms with E-state index in [-0.39, 0.29) is 18.2 Å². The van der Waals surface area contributed by atoms with Gasteiger partial charge in [0.25, 0.3) is 0 Å². The zero-order valence-corrected chi connectivity index (χ0v) is 9.87. The van der Waals surface area contributed by atoms with Crippen LogP contribution in [0.2, 0.25) is 0 Å². The predicted octanol–water partition coefficient (Wildman–Crippen LogP) is 1.25. The molecule has 0 heterocycles. The average Bonchev–Trinajstić information content (AvgIpc) is 2.26. The number of esters is 1. The highest BCUT2D eigenvalue weighted by Crippen LogP contribution is 2.11. The molecule has 1 aromatic rings. The molecule has 90 valence electrons. The number of phenolic OH excluding ortho intramolecular Hbond substituents is 1. The molecule has 0 fully saturated rings. The predicted molar refractivity (Wildman–Crippen MR) is 63.7 cm³/mol. The third kappa shape index (κ3) is 4.51. The van der Waals surface area contributed by atoms with Gasteiger partial charge in [0.15, 0.2) is 0 Å². The fourth-order valence-electron chi connectivity index (χ4n) is 1.25. The molecule has 0 bridgehead atoms. The Morgan fingerprint density at radius 2 is 2.00 bits per heavy atom. The summed E-state index contributed by atoms with van der Waals surface area (Å²) in [7, 11) is 1.32. The van der Waals surface area contributed by atoms with Crippen LogP contribution in [-0.2, 0) is 16.0 Å². The normalized spacial score (nSPS) is 11.4. The number of carbonyl (C=O) groups excluding carboxylic acids is 1. The largest absolute Gasteiger partial charge is 0.508 e. The van der Waals surface area contributed by atoms with E-state index >= 15 is 0 Å². The maximum absolute atomic E-state index is 11.0. The molecule has 1 aromatic carbocycles. The molecule has 0 aliphatic heterocycles. The maximum atomic E-state index is 11.0. The van der Waals surface area contributed by atoms with Gasteiger partial charge in [0.2, 0.25) is 0 Å². The lowest BCUT2D eigenvalue weighted by Crippen LogP contribution is -2.31. The standard InChI is InChI=1S/C11H15NO3.ClH/c1-15-11(14)10(12)7-4-8-2-5-9(13)6-3-8;/h2-3,5-6,10,13H,4,7,12H2,1H3;1H/t10-;/m0./s1. The van der Waals surface area contributed by atoms with Crippen molar-refractivity contribution in [3.63, 3.8) is 0 Å². The number of hydrogen-bond donors (Lipinski definition) is 2. The summed E-state index contributed by atoms with van der Waals surface area (Å²) in [6.45, 7) is 0. The second kappa shape index (κ2) is 7.09. The molecule has 0 radical (unpaired) electrons. The van der Waals surface area contributed by atoms with Crippen LogP contribution in [0.4, 0.5) is 0 Å². The van der Waals surface area contributed by atoms with Gasteiger partial charge in [-0.1, -0.05) is 12.1 Å². The molecular weight excluding hydrogens is 230 g/mol. The minimum atomic E-state index is -0.580. The highest BCUT2D eigenvalue weighted by Gasteiger charge is 2.12. The summed E-state index contributed by atoms with van der Waals surface area (Å²) in [5.41, 5.74) is 6.62. The summed E-state index contributed by atoms with van der Waals surface area (Å²) in [5.74, 6) is -0.162. The Morgan fingerprint density at radius 1 is 1.44 bits per heavy atom. The van der Waals surface area contributed by atoms with Gasteiger partial charge in [0.05, 0.1) is 7.11 Å². The van der Waals surface area contributed by atoms with Gasteiger partial charge >= 0.3 is 5.97 Å². The zero-order chi connectivity index (χ0) is 11.3. The van der Waals surface area contributed by atoms with Gasteiger partial charge in [-0.2, -0.15) is 0 Å². The lowest BCUT2D eigenvalue weighted by Gasteiger charge is -2.08. The Hall–Kier alpha value is -1.26. The number of hydrogen-bond acceptors (Lipinski definition) is 4. The van der Waals surface area contributed by atoms with E-state index in [1.165, 1.54) is 7.11 Å². The first-order valence-electron chi connectivity index (χ1n) is 4.75. The van der Waals surface area contributed by atoms with E-state index in [1.54, 1.807) is 24.3 Å². The molecule has 5 heteroatoms. The van der Waals surface area contributed by atoms with Gasteiger partial charge in [-0.3, -0.25) is 4.79 Å². The number of aromatic hydroxyl groups is 1. The van der Waals surface area contributed by atoms with Crippen LogP contribution in [0.15, 0.2) is 24.3 Å². The lowest BCUT2D eigenvalue weighted by molar-refractivity contribution is -0.142. The van der Waals surface area contributed by atoms with Crippen molar-refractivity contribution in [2.24, 2.45) is 5.73 Å². The molecule has 0 spiro atoms. The van der Waals surface area contributed by atoms with Crippen LogP contribution in [0.25, 0.3) is 0 Å². The van der Waals surface area contributed by atoms with Gasteiger partial charge < -0.3 is 15.6 Å². The number of ether oxygens (including phenoxy) is 1. The Bertz CT molecular complexity index is 327. The van der Waals surface area contributed by atoms with E-state index in [0.717, 1.165) is 5.56 Å². The van der Waals surface area contributed by atoms with Crippen molar-refractivity contribution in [1.29, 1.82) is 0 Å². The summed E-state index contributed by atoms with van der Waals surface area (Å²) in [5, 5.41) is 9.06. The van der Waals surface area contributed by atoms with E-state index < -0.39 is 12.0 Å². The van der Waals surface area contributed by atoms with Crippen LogP contribution in [0.1, 0.15) is 12.0 Å². The number of aryl methyl sites for hydroxylation is 1. The molecule has 0 aliphatic carbocycles. The van der Waals surface area contributed by atoms with Crippen molar-refractivity contribution >= 4 is 18.4 Å². The van der Waals surface area contributed by atoms with E-state index in [9.17, 15) is 4.79 Å². The quantitative estimate of drug-likeness (QED) is 0.783. The van der Waals surface area contributed by atoms with Gasteiger partial charge in [-0.05, 0) is 30.5 Å². The SMILES string of the molecule is COC(=O)[C@@H](N)CCc1ccc(O)cc1.Cl. The Balaban J connectivity index is 0.00000225. The molecule has 1 rings (SSSR count). The van der Waals surface area contributed by atoms with Crippen molar-refractivity contribution < 1.29 is 14.6 Å². The van der Waals surface area contributed by atoms with Crippen LogP contribution < -0.4 is 5.73 Å². The second-order valence-electron chi connectivity index (χ2n) is 3.33. The molecule has 3 N–H and O–H groups in total. The van der Waals surface area contributed by atoms with E-state index in [1.807, 2.05) is 0 Å². The number of phenols is 1. The zero-order valence-electron chi connectivity index (χ0n) is 9.05. The van der Waals surface area contributed by atoms with Crippen molar-refractivity contribution in [2.75, 3.05) is 7.11 Å². The van der Waals surface area contributed by atoms with Crippen LogP contribution in [-0.4, -0.2) is 24.2 Å². The van der Waals surface area contributed by atoms with Gasteiger partial charge in [0.1, 0.15) is 11.8 Å². The highest BCUT2D eigenvalue weighted by molar-refractivity contribution is 5.85. The molecule has 0 saturated heterocycles. The molecule has 4 nitrogen and oxygen atoms in total. The molecular formula is C11H16ClNO3. The summed E-state index contributed by atoms with van der Waals surface area (Å²) in [6, 6.07) is 6.25. The third-order valence-electron chi connectivity index (χ3n) is 2.18. The van der Waals surface area contributed by atoms with E-state index in [2.05, 4.69) is 4.74 Å². The number of methoxy groups -OCH3 is 1. The Kier molecular flexibility index (Phi) is 6.53. The van der Waals surface area contributed by atoms with Gasteiger partial charge in [-0.25, -0.2) is 0 Å². The fraction of sp³-hybridized carbons (Fsp3) is 0.364. The number of nitrogens with two attached hydrogens (primary N) is 1. The lowest BCUT2D eigenvalue weighted by atomic mass is 10.1. The summed E-state index contributed by atoms with van der Waals surface area (Å²) >= 11 is 0. The topological polar surface area (TPSA) is 72.5 Å². The first-order valence-corrected chi connectivity index (χ1v) is 4.75. The number of halogens is 1. The van der Waals surface area contributed by atoms with Crippen molar-refractivity contribution in [3.05, 3.63) is 29.8 Å². The fourth-order valence-corrected chi connectivity index (χ4v) is 1.25. The summed E-state index contributed by atoms with van der Waals surface area (Å²) < 4.78 is 4.52.